The van der Waals surface area contributed by atoms with Crippen molar-refractivity contribution >= 4 is 12.0 Å². The molecule has 0 atom stereocenters. The average molecular weight is 268 g/mol. The number of nitrogens with zero attached hydrogens (tertiary/aromatic N) is 1. The van der Waals surface area contributed by atoms with Crippen LogP contribution in [0.3, 0.4) is 0 Å². The van der Waals surface area contributed by atoms with Crippen molar-refractivity contribution in [3.8, 4) is 17.6 Å². The number of methoxy groups -OCH3 is 1. The Kier molecular flexibility index (Phi) is 4.83. The number of carbonyl (C=O) groups is 1. The summed E-state index contributed by atoms with van der Waals surface area (Å²) in [6, 6.07) is 5.25. The van der Waals surface area contributed by atoms with Gasteiger partial charge in [0.15, 0.2) is 11.5 Å². The molecule has 100 valence electrons. The number of carboxylic acids is 1. The number of halogens is 2. The second kappa shape index (κ2) is 6.35. The molecule has 0 aliphatic rings. The molecule has 1 aromatic carbocycles. The molecule has 1 rings (SSSR count). The Hall–Kier alpha value is -2.62. The van der Waals surface area contributed by atoms with Crippen LogP contribution in [0.5, 0.6) is 11.5 Å². The van der Waals surface area contributed by atoms with E-state index in [1.54, 1.807) is 0 Å². The van der Waals surface area contributed by atoms with Gasteiger partial charge >= 0.3 is 6.61 Å². The van der Waals surface area contributed by atoms with E-state index in [1.165, 1.54) is 25.3 Å². The first-order valence-corrected chi connectivity index (χ1v) is 4.94. The predicted molar refractivity (Wildman–Crippen MR) is 58.2 cm³/mol. The van der Waals surface area contributed by atoms with Gasteiger partial charge in [-0.3, -0.25) is 0 Å². The Morgan fingerprint density at radius 1 is 1.47 bits per heavy atom. The molecule has 0 amide bonds. The second-order valence-corrected chi connectivity index (χ2v) is 3.25. The number of carboxylic acid groups (broad SMARTS) is 1. The van der Waals surface area contributed by atoms with Gasteiger partial charge in [0.1, 0.15) is 6.07 Å². The molecule has 7 heteroatoms. The van der Waals surface area contributed by atoms with Crippen LogP contribution in [0.25, 0.3) is 6.08 Å². The summed E-state index contributed by atoms with van der Waals surface area (Å²) in [5.41, 5.74) is -0.439. The van der Waals surface area contributed by atoms with Gasteiger partial charge in [0.2, 0.25) is 0 Å². The molecule has 0 aromatic heterocycles. The zero-order valence-electron chi connectivity index (χ0n) is 9.72. The molecule has 19 heavy (non-hydrogen) atoms. The van der Waals surface area contributed by atoms with E-state index < -0.39 is 18.2 Å². The SMILES string of the molecule is COc1ccc(/C=C(\C#N)C(=O)[O-])cc1OC(F)F. The van der Waals surface area contributed by atoms with Crippen LogP contribution in [-0.4, -0.2) is 19.7 Å². The first-order chi connectivity index (χ1) is 8.97. The summed E-state index contributed by atoms with van der Waals surface area (Å²) in [4.78, 5) is 10.5. The Morgan fingerprint density at radius 2 is 2.16 bits per heavy atom. The lowest BCUT2D eigenvalue weighted by molar-refractivity contribution is -0.298. The molecule has 1 aromatic rings. The maximum absolute atomic E-state index is 12.2. The number of carbonyl (C=O) groups excluding carboxylic acids is 1. The molecule has 0 N–H and O–H groups in total. The summed E-state index contributed by atoms with van der Waals surface area (Å²) in [5, 5.41) is 19.1. The van der Waals surface area contributed by atoms with Crippen molar-refractivity contribution < 1.29 is 28.2 Å². The van der Waals surface area contributed by atoms with Crippen LogP contribution in [0, 0.1) is 11.3 Å². The van der Waals surface area contributed by atoms with Crippen molar-refractivity contribution in [1.82, 2.24) is 0 Å². The molecule has 0 radical (unpaired) electrons. The molecule has 0 aliphatic heterocycles. The zero-order valence-corrected chi connectivity index (χ0v) is 9.72. The second-order valence-electron chi connectivity index (χ2n) is 3.25. The van der Waals surface area contributed by atoms with Crippen molar-refractivity contribution in [3.05, 3.63) is 29.3 Å². The number of rotatable bonds is 5. The topological polar surface area (TPSA) is 82.4 Å². The first-order valence-electron chi connectivity index (χ1n) is 4.94. The fraction of sp³-hybridized carbons (Fsp3) is 0.167. The van der Waals surface area contributed by atoms with E-state index >= 15 is 0 Å². The molecule has 0 heterocycles. The Labute approximate surface area is 107 Å². The number of ether oxygens (including phenoxy) is 2. The lowest BCUT2D eigenvalue weighted by atomic mass is 10.1. The van der Waals surface area contributed by atoms with Crippen LogP contribution >= 0.6 is 0 Å². The van der Waals surface area contributed by atoms with Gasteiger partial charge in [0.25, 0.3) is 0 Å². The maximum Gasteiger partial charge on any atom is 0.387 e. The monoisotopic (exact) mass is 268 g/mol. The molecule has 0 bridgehead atoms. The van der Waals surface area contributed by atoms with E-state index in [0.717, 1.165) is 12.1 Å². The number of nitriles is 1. The highest BCUT2D eigenvalue weighted by Gasteiger charge is 2.11. The molecule has 0 aliphatic carbocycles. The third-order valence-electron chi connectivity index (χ3n) is 2.06. The third kappa shape index (κ3) is 3.96. The summed E-state index contributed by atoms with van der Waals surface area (Å²) in [7, 11) is 1.27. The molecule has 0 fully saturated rings. The smallest absolute Gasteiger partial charge is 0.387 e. The van der Waals surface area contributed by atoms with E-state index in [4.69, 9.17) is 10.00 Å². The molecule has 0 spiro atoms. The molecular formula is C12H8F2NO4-. The van der Waals surface area contributed by atoms with Crippen LogP contribution in [-0.2, 0) is 4.79 Å². The number of aliphatic carboxylic acids is 1. The van der Waals surface area contributed by atoms with Gasteiger partial charge in [-0.25, -0.2) is 0 Å². The van der Waals surface area contributed by atoms with E-state index in [1.807, 2.05) is 0 Å². The van der Waals surface area contributed by atoms with Gasteiger partial charge in [-0.15, -0.1) is 0 Å². The molecular weight excluding hydrogens is 260 g/mol. The number of hydrogen-bond donors (Lipinski definition) is 0. The predicted octanol–water partition coefficient (Wildman–Crippen LogP) is 0.953. The van der Waals surface area contributed by atoms with E-state index in [-0.39, 0.29) is 17.1 Å². The van der Waals surface area contributed by atoms with Gasteiger partial charge in [-0.1, -0.05) is 6.07 Å². The summed E-state index contributed by atoms with van der Waals surface area (Å²) in [5.74, 6) is -1.86. The van der Waals surface area contributed by atoms with Crippen molar-refractivity contribution in [3.63, 3.8) is 0 Å². The maximum atomic E-state index is 12.2. The molecule has 0 saturated carbocycles. The highest BCUT2D eigenvalue weighted by atomic mass is 19.3. The average Bonchev–Trinajstić information content (AvgIpc) is 2.35. The summed E-state index contributed by atoms with van der Waals surface area (Å²) in [6.07, 6.45) is 0.979. The zero-order chi connectivity index (χ0) is 14.4. The Balaban J connectivity index is 3.18. The van der Waals surface area contributed by atoms with Crippen molar-refractivity contribution in [2.75, 3.05) is 7.11 Å². The van der Waals surface area contributed by atoms with Gasteiger partial charge in [0, 0.05) is 0 Å². The lowest BCUT2D eigenvalue weighted by Gasteiger charge is -2.10. The number of alkyl halides is 2. The van der Waals surface area contributed by atoms with Crippen molar-refractivity contribution in [2.45, 2.75) is 6.61 Å². The summed E-state index contributed by atoms with van der Waals surface area (Å²) < 4.78 is 33.4. The molecule has 0 unspecified atom stereocenters. The minimum absolute atomic E-state index is 0.0596. The quantitative estimate of drug-likeness (QED) is 0.586. The van der Waals surface area contributed by atoms with E-state index in [0.29, 0.717) is 0 Å². The highest BCUT2D eigenvalue weighted by molar-refractivity contribution is 5.95. The van der Waals surface area contributed by atoms with Crippen LogP contribution in [0.1, 0.15) is 5.56 Å². The van der Waals surface area contributed by atoms with Gasteiger partial charge < -0.3 is 19.4 Å². The van der Waals surface area contributed by atoms with Crippen LogP contribution < -0.4 is 14.6 Å². The number of hydrogen-bond acceptors (Lipinski definition) is 5. The van der Waals surface area contributed by atoms with Crippen molar-refractivity contribution in [2.24, 2.45) is 0 Å². The van der Waals surface area contributed by atoms with Crippen molar-refractivity contribution in [1.29, 1.82) is 5.26 Å². The molecule has 5 nitrogen and oxygen atoms in total. The minimum Gasteiger partial charge on any atom is -0.544 e. The van der Waals surface area contributed by atoms with Gasteiger partial charge in [0.05, 0.1) is 18.7 Å². The fourth-order valence-corrected chi connectivity index (χ4v) is 1.27. The molecule has 0 saturated heterocycles. The van der Waals surface area contributed by atoms with Gasteiger partial charge in [-0.05, 0) is 23.8 Å². The Bertz CT molecular complexity index is 549. The van der Waals surface area contributed by atoms with Crippen LogP contribution in [0.4, 0.5) is 8.78 Å². The fourth-order valence-electron chi connectivity index (χ4n) is 1.27. The number of benzene rings is 1. The third-order valence-corrected chi connectivity index (χ3v) is 2.06. The van der Waals surface area contributed by atoms with Crippen LogP contribution in [0.2, 0.25) is 0 Å². The lowest BCUT2D eigenvalue weighted by Crippen LogP contribution is -2.23. The Morgan fingerprint density at radius 3 is 2.63 bits per heavy atom. The van der Waals surface area contributed by atoms with Crippen LogP contribution in [0.15, 0.2) is 23.8 Å². The minimum atomic E-state index is -3.05. The first kappa shape index (κ1) is 14.4. The van der Waals surface area contributed by atoms with E-state index in [9.17, 15) is 18.7 Å². The normalized spacial score (nSPS) is 11.0. The van der Waals surface area contributed by atoms with Gasteiger partial charge in [-0.2, -0.15) is 14.0 Å². The largest absolute Gasteiger partial charge is 0.544 e. The van der Waals surface area contributed by atoms with E-state index in [2.05, 4.69) is 4.74 Å². The highest BCUT2D eigenvalue weighted by Crippen LogP contribution is 2.30. The summed E-state index contributed by atoms with van der Waals surface area (Å²) >= 11 is 0. The summed E-state index contributed by atoms with van der Waals surface area (Å²) in [6.45, 7) is -3.05. The standard InChI is InChI=1S/C12H9F2NO4/c1-18-9-3-2-7(4-8(6-15)11(16)17)5-10(9)19-12(13)14/h2-5,12H,1H3,(H,16,17)/p-1/b8-4+.